The lowest BCUT2D eigenvalue weighted by atomic mass is 10.1. The van der Waals surface area contributed by atoms with Crippen LogP contribution in [0.3, 0.4) is 0 Å². The molecule has 1 saturated heterocycles. The third kappa shape index (κ3) is 39.4. The zero-order chi connectivity index (χ0) is 85.6. The normalized spacial score (nSPS) is 12.9. The van der Waals surface area contributed by atoms with Crippen LogP contribution < -0.4 is 54.8 Å². The quantitative estimate of drug-likeness (QED) is 0.00537. The second-order valence-corrected chi connectivity index (χ2v) is 31.1. The molecule has 0 aliphatic carbocycles. The number of amides is 3. The van der Waals surface area contributed by atoms with Crippen LogP contribution in [0, 0.1) is 47.4 Å². The molecule has 1 aliphatic rings. The highest BCUT2D eigenvalue weighted by Gasteiger charge is 2.34. The van der Waals surface area contributed by atoms with Crippen molar-refractivity contribution in [3.8, 4) is 40.2 Å². The summed E-state index contributed by atoms with van der Waals surface area (Å²) in [5, 5.41) is 61.1. The molecule has 4 aromatic carbocycles. The molecule has 4 unspecified atom stereocenters. The number of carbonyl (C=O) groups excluding carboxylic acids is 6. The summed E-state index contributed by atoms with van der Waals surface area (Å²) in [4.78, 5) is 123. The number of hydrogen-bond donors (Lipinski definition) is 6. The van der Waals surface area contributed by atoms with Gasteiger partial charge in [-0.25, -0.2) is 28.8 Å². The van der Waals surface area contributed by atoms with Crippen molar-refractivity contribution in [3.63, 3.8) is 0 Å². The number of cyclic esters (lactones) is 2. The van der Waals surface area contributed by atoms with E-state index in [9.17, 15) is 74.0 Å². The molecule has 6 N–H and O–H groups in total. The summed E-state index contributed by atoms with van der Waals surface area (Å²) in [7, 11) is 10.0. The van der Waals surface area contributed by atoms with Gasteiger partial charge in [0.2, 0.25) is 0 Å². The van der Waals surface area contributed by atoms with Crippen LogP contribution in [-0.4, -0.2) is 192 Å². The van der Waals surface area contributed by atoms with Gasteiger partial charge >= 0.3 is 42.2 Å². The number of halogens is 3. The first-order valence-electron chi connectivity index (χ1n) is 32.5. The second-order valence-electron chi connectivity index (χ2n) is 26.3. The minimum atomic E-state index is -1.11. The lowest BCUT2D eigenvalue weighted by molar-refractivity contribution is -0.385. The number of carbonyl (C=O) groups is 7. The molecule has 0 bridgehead atoms. The Balaban J connectivity index is 0.00000138. The maximum Gasteiger partial charge on any atom is 0.415 e. The highest BCUT2D eigenvalue weighted by atomic mass is 79.9. The molecule has 0 radical (unpaired) electrons. The summed E-state index contributed by atoms with van der Waals surface area (Å²) >= 11 is 20.4. The molecule has 1 heterocycles. The number of thioether (sulfide) groups is 3. The lowest BCUT2D eigenvalue weighted by Gasteiger charge is -2.26. The van der Waals surface area contributed by atoms with Crippen LogP contribution in [0.4, 0.5) is 37.1 Å². The first kappa shape index (κ1) is 102. The van der Waals surface area contributed by atoms with E-state index in [2.05, 4.69) is 49.2 Å². The number of esters is 3. The minimum absolute atomic E-state index is 0.104. The molecule has 36 nitrogen and oxygen atoms in total. The Hall–Kier alpha value is -8.61. The van der Waals surface area contributed by atoms with Crippen molar-refractivity contribution >= 4 is 152 Å². The number of thiol groups is 1. The van der Waals surface area contributed by atoms with Gasteiger partial charge in [0.1, 0.15) is 52.3 Å². The predicted octanol–water partition coefficient (Wildman–Crippen LogP) is 13.2. The molecule has 4 atom stereocenters. The largest absolute Gasteiger partial charge is 0.496 e. The van der Waals surface area contributed by atoms with Gasteiger partial charge in [0, 0.05) is 73.9 Å². The van der Waals surface area contributed by atoms with Crippen molar-refractivity contribution in [1.29, 1.82) is 0 Å². The smallest absolute Gasteiger partial charge is 0.415 e. The van der Waals surface area contributed by atoms with Crippen LogP contribution in [0.5, 0.6) is 40.2 Å². The molecule has 5 rings (SSSR count). The molecule has 43 heteroatoms. The number of nitrogens with one attached hydrogen (secondary N) is 3. The topological polar surface area (TPSA) is 485 Å². The molecule has 0 spiro atoms. The van der Waals surface area contributed by atoms with Crippen LogP contribution in [0.1, 0.15) is 111 Å². The van der Waals surface area contributed by atoms with Crippen molar-refractivity contribution in [2.24, 2.45) is 5.73 Å². The number of nitrogens with zero attached hydrogens (tertiary/aromatic N) is 4. The number of alkyl halides is 3. The van der Waals surface area contributed by atoms with Crippen LogP contribution in [0.2, 0.25) is 0 Å². The number of hydrogen-bond acceptors (Lipinski definition) is 32. The average molecular weight is 1750 g/mol. The number of ether oxygens (including phenoxy) is 12. The summed E-state index contributed by atoms with van der Waals surface area (Å²) in [6.07, 6.45) is -2.20. The maximum absolute atomic E-state index is 12.6. The van der Waals surface area contributed by atoms with E-state index in [1.54, 1.807) is 103 Å². The fraction of sp³-hybridized carbons (Fsp3) is 0.544. The van der Waals surface area contributed by atoms with E-state index in [0.717, 1.165) is 5.56 Å². The third-order valence-electron chi connectivity index (χ3n) is 13.0. The van der Waals surface area contributed by atoms with E-state index in [-0.39, 0.29) is 90.5 Å². The Kier molecular flexibility index (Phi) is 45.8. The number of nitro benzene ring substituents is 4. The van der Waals surface area contributed by atoms with Crippen LogP contribution in [0.25, 0.3) is 0 Å². The molecular weight excluding hydrogens is 1660 g/mol. The first-order chi connectivity index (χ1) is 51.5. The minimum Gasteiger partial charge on any atom is -0.496 e. The molecule has 4 aromatic rings. The van der Waals surface area contributed by atoms with E-state index >= 15 is 0 Å². The Morgan fingerprint density at radius 1 is 0.541 bits per heavy atom. The fourth-order valence-electron chi connectivity index (χ4n) is 8.24. The van der Waals surface area contributed by atoms with Crippen molar-refractivity contribution in [2.75, 3.05) is 78.1 Å². The molecule has 622 valence electrons. The van der Waals surface area contributed by atoms with Gasteiger partial charge in [-0.05, 0) is 120 Å². The summed E-state index contributed by atoms with van der Waals surface area (Å²) in [6, 6.07) is 8.05. The molecule has 3 amide bonds. The van der Waals surface area contributed by atoms with E-state index in [0.29, 0.717) is 50.6 Å². The number of methoxy groups -OCH3 is 7. The number of aryl methyl sites for hydroxylation is 1. The highest BCUT2D eigenvalue weighted by molar-refractivity contribution is 9.08. The number of nitro groups is 4. The number of alkyl carbamates (subject to hydrolysis) is 3. The fourth-order valence-corrected chi connectivity index (χ4v) is 11.9. The van der Waals surface area contributed by atoms with Crippen molar-refractivity contribution < 1.29 is 115 Å². The Bertz CT molecular complexity index is 3810. The average Bonchev–Trinajstić information content (AvgIpc) is 1.70. The van der Waals surface area contributed by atoms with Gasteiger partial charge in [0.05, 0.1) is 93.0 Å². The van der Waals surface area contributed by atoms with E-state index in [1.165, 1.54) is 120 Å². The third-order valence-corrected chi connectivity index (χ3v) is 17.2. The number of aliphatic carboxylic acids is 1. The highest BCUT2D eigenvalue weighted by Crippen LogP contribution is 2.40. The SMILES string of the molecule is CC(C)(C)OC(=O)NC(CS)C(=O)OC(C)(C)C.COc1cc(CBr)c([N+](=O)[O-])cc1C.COc1cc(CSCC(N)C(=O)O)c([N+](=O)[O-])cc1OC.COc1cc(CSCC(NC(=O)OC(C)(C)C)C(=O)OC(C)(C)C)c([N+](=O)[O-])cc1OC.COc1cc(CSCC2NC(=O)OC2=O)c([N+](=O)[O-])cc1OC.ClCCl. The first-order valence-corrected chi connectivity index (χ1v) is 38.7. The summed E-state index contributed by atoms with van der Waals surface area (Å²) in [5.74, 6) is 0.989. The molecule has 0 saturated carbocycles. The van der Waals surface area contributed by atoms with Crippen molar-refractivity contribution in [1.82, 2.24) is 16.0 Å². The van der Waals surface area contributed by atoms with Crippen LogP contribution in [0.15, 0.2) is 48.5 Å². The van der Waals surface area contributed by atoms with E-state index in [4.69, 9.17) is 86.1 Å². The summed E-state index contributed by atoms with van der Waals surface area (Å²) in [5.41, 5.74) is 5.07. The number of carboxylic acid groups (broad SMARTS) is 1. The van der Waals surface area contributed by atoms with Gasteiger partial charge < -0.3 is 83.6 Å². The van der Waals surface area contributed by atoms with Crippen LogP contribution in [-0.2, 0) is 65.5 Å². The summed E-state index contributed by atoms with van der Waals surface area (Å²) in [6.45, 7) is 22.6. The van der Waals surface area contributed by atoms with Crippen LogP contribution >= 0.6 is 87.0 Å². The van der Waals surface area contributed by atoms with Gasteiger partial charge in [-0.2, -0.15) is 47.9 Å². The lowest BCUT2D eigenvalue weighted by Crippen LogP contribution is -2.47. The Morgan fingerprint density at radius 2 is 0.847 bits per heavy atom. The monoisotopic (exact) mass is 1750 g/mol. The number of benzene rings is 4. The van der Waals surface area contributed by atoms with Crippen molar-refractivity contribution in [2.45, 2.75) is 159 Å². The predicted molar refractivity (Wildman–Crippen MR) is 427 cm³/mol. The Morgan fingerprint density at radius 3 is 1.14 bits per heavy atom. The molecule has 0 aromatic heterocycles. The standard InChI is InChI=1S/C21H32N2O8S.C13H14N2O7S.C12H16N2O6S.C12H23NO4S.C9H10BrNO3.CH2Cl2/c1-20(2,3)30-18(24)14(22-19(25)31-21(4,5)6)12-32-11-13-9-16(28-7)17(29-8)10-15(13)23(26)27;1-20-10-3-7(9(15(18)19)4-11(10)21-2)5-23-6-8-12(16)22-13(17)14-8;1-19-10-3-7(5-21-6-8(13)12(15)16)9(14(17)18)4-11(10)20-2;1-11(2,3)16-9(14)8(7-18)13-10(15)17-12(4,5)6;1-6-3-8(11(12)13)7(5-10)4-9(6)14-2;2-1-3/h9-10,14H,11-12H2,1-8H3,(H,22,25);3-4,8H,5-6H2,1-2H3,(H,14,17);3-4,8H,5-6,13H2,1-2H3,(H,15,16);8,18H,7H2,1-6H3,(H,13,15);3-4H,5H2,1-2H3;1H2. The number of carboxylic acids is 1. The van der Waals surface area contributed by atoms with Gasteiger partial charge in [0.15, 0.2) is 34.5 Å². The second kappa shape index (κ2) is 49.7. The maximum atomic E-state index is 12.6. The number of nitrogens with two attached hydrogens (primary N) is 1. The molecule has 1 fully saturated rings. The van der Waals surface area contributed by atoms with Gasteiger partial charge in [0.25, 0.3) is 22.7 Å². The molecule has 111 heavy (non-hydrogen) atoms. The zero-order valence-electron chi connectivity index (χ0n) is 64.9. The van der Waals surface area contributed by atoms with Gasteiger partial charge in [-0.1, -0.05) is 15.9 Å². The van der Waals surface area contributed by atoms with E-state index < -0.39 is 103 Å². The van der Waals surface area contributed by atoms with Gasteiger partial charge in [-0.15, -0.1) is 23.2 Å². The van der Waals surface area contributed by atoms with E-state index in [1.807, 2.05) is 0 Å². The molecular formula is C68H97BrCl2N8O28S4. The van der Waals surface area contributed by atoms with Crippen molar-refractivity contribution in [3.05, 3.63) is 117 Å². The zero-order valence-corrected chi connectivity index (χ0v) is 71.4. The number of rotatable bonds is 30. The Labute approximate surface area is 679 Å². The molecule has 1 aliphatic heterocycles. The summed E-state index contributed by atoms with van der Waals surface area (Å²) < 4.78 is 60.9. The van der Waals surface area contributed by atoms with Gasteiger partial charge in [-0.3, -0.25) is 45.3 Å².